The van der Waals surface area contributed by atoms with Gasteiger partial charge in [0.15, 0.2) is 5.82 Å². The first-order valence-corrected chi connectivity index (χ1v) is 6.42. The number of anilines is 1. The molecule has 3 rings (SSSR count). The molecule has 0 radical (unpaired) electrons. The fraction of sp³-hybridized carbons (Fsp3) is 0.455. The van der Waals surface area contributed by atoms with Crippen molar-refractivity contribution in [2.24, 2.45) is 0 Å². The van der Waals surface area contributed by atoms with Gasteiger partial charge in [0.2, 0.25) is 5.92 Å². The molecular formula is C11H11F2N3OS. The number of rotatable bonds is 2. The van der Waals surface area contributed by atoms with E-state index in [2.05, 4.69) is 10.1 Å². The van der Waals surface area contributed by atoms with E-state index >= 15 is 0 Å². The van der Waals surface area contributed by atoms with Gasteiger partial charge in [-0.05, 0) is 18.6 Å². The van der Waals surface area contributed by atoms with E-state index in [0.29, 0.717) is 23.1 Å². The Bertz CT molecular complexity index is 566. The molecule has 0 saturated heterocycles. The van der Waals surface area contributed by atoms with Gasteiger partial charge < -0.3 is 10.3 Å². The fourth-order valence-electron chi connectivity index (χ4n) is 2.14. The first-order valence-electron chi connectivity index (χ1n) is 5.61. The molecule has 2 aromatic heterocycles. The van der Waals surface area contributed by atoms with Crippen LogP contribution in [0.3, 0.4) is 0 Å². The summed E-state index contributed by atoms with van der Waals surface area (Å²) in [6.07, 6.45) is 0.102. The van der Waals surface area contributed by atoms with Gasteiger partial charge in [-0.15, -0.1) is 11.3 Å². The van der Waals surface area contributed by atoms with Crippen LogP contribution in [0.1, 0.15) is 31.0 Å². The predicted molar refractivity (Wildman–Crippen MR) is 63.6 cm³/mol. The maximum Gasteiger partial charge on any atom is 0.268 e. The lowest BCUT2D eigenvalue weighted by molar-refractivity contribution is 0.00750. The van der Waals surface area contributed by atoms with Gasteiger partial charge >= 0.3 is 0 Å². The summed E-state index contributed by atoms with van der Waals surface area (Å²) >= 11 is 1.33. The third kappa shape index (κ3) is 2.10. The summed E-state index contributed by atoms with van der Waals surface area (Å²) in [5.74, 6) is -2.19. The van der Waals surface area contributed by atoms with E-state index in [9.17, 15) is 8.78 Å². The van der Waals surface area contributed by atoms with Crippen molar-refractivity contribution in [2.45, 2.75) is 31.1 Å². The largest absolute Gasteiger partial charge is 0.391 e. The molecule has 96 valence electrons. The van der Waals surface area contributed by atoms with Gasteiger partial charge in [-0.3, -0.25) is 0 Å². The topological polar surface area (TPSA) is 64.9 Å². The van der Waals surface area contributed by atoms with Crippen molar-refractivity contribution in [1.82, 2.24) is 10.1 Å². The summed E-state index contributed by atoms with van der Waals surface area (Å²) in [6.45, 7) is 0. The minimum absolute atomic E-state index is 0.104. The molecule has 1 aliphatic carbocycles. The normalized spacial score (nSPS) is 22.4. The monoisotopic (exact) mass is 271 g/mol. The maximum absolute atomic E-state index is 13.1. The number of thiophene rings is 1. The smallest absolute Gasteiger partial charge is 0.268 e. The summed E-state index contributed by atoms with van der Waals surface area (Å²) in [4.78, 5) is 4.95. The molecule has 0 aliphatic heterocycles. The first-order chi connectivity index (χ1) is 8.53. The molecule has 2 aromatic rings. The summed E-state index contributed by atoms with van der Waals surface area (Å²) in [5.41, 5.74) is 5.61. The van der Waals surface area contributed by atoms with Crippen LogP contribution in [-0.2, 0) is 0 Å². The van der Waals surface area contributed by atoms with Gasteiger partial charge in [0.05, 0.1) is 9.88 Å². The second-order valence-electron chi connectivity index (χ2n) is 4.46. The van der Waals surface area contributed by atoms with Crippen molar-refractivity contribution in [3.05, 3.63) is 18.0 Å². The van der Waals surface area contributed by atoms with Crippen LogP contribution < -0.4 is 5.73 Å². The van der Waals surface area contributed by atoms with Gasteiger partial charge in [0.1, 0.15) is 0 Å². The number of nitrogen functional groups attached to an aromatic ring is 1. The Kier molecular flexibility index (Phi) is 2.58. The second kappa shape index (κ2) is 4.01. The van der Waals surface area contributed by atoms with Crippen LogP contribution >= 0.6 is 11.3 Å². The van der Waals surface area contributed by atoms with Crippen LogP contribution in [-0.4, -0.2) is 16.1 Å². The average Bonchev–Trinajstić information content (AvgIpc) is 2.96. The Hall–Kier alpha value is -1.50. The number of hydrogen-bond donors (Lipinski definition) is 1. The Morgan fingerprint density at radius 2 is 2.28 bits per heavy atom. The number of hydrogen-bond acceptors (Lipinski definition) is 5. The Morgan fingerprint density at radius 3 is 2.89 bits per heavy atom. The lowest BCUT2D eigenvalue weighted by atomic mass is 10.1. The molecule has 0 aromatic carbocycles. The number of alkyl halides is 2. The summed E-state index contributed by atoms with van der Waals surface area (Å²) in [7, 11) is 0. The van der Waals surface area contributed by atoms with E-state index < -0.39 is 5.92 Å². The van der Waals surface area contributed by atoms with Gasteiger partial charge in [-0.2, -0.15) is 4.98 Å². The molecule has 2 N–H and O–H groups in total. The number of aromatic nitrogens is 2. The molecule has 1 atom stereocenters. The zero-order valence-electron chi connectivity index (χ0n) is 9.40. The van der Waals surface area contributed by atoms with Crippen LogP contribution in [0.5, 0.6) is 0 Å². The molecule has 0 bridgehead atoms. The van der Waals surface area contributed by atoms with E-state index in [1.807, 2.05) is 0 Å². The minimum atomic E-state index is -2.60. The minimum Gasteiger partial charge on any atom is -0.391 e. The molecule has 7 heteroatoms. The fourth-order valence-corrected chi connectivity index (χ4v) is 2.84. The lowest BCUT2D eigenvalue weighted by Gasteiger charge is -2.06. The second-order valence-corrected chi connectivity index (χ2v) is 5.57. The molecular weight excluding hydrogens is 260 g/mol. The average molecular weight is 271 g/mol. The van der Waals surface area contributed by atoms with Crippen molar-refractivity contribution in [1.29, 1.82) is 0 Å². The van der Waals surface area contributed by atoms with Crippen molar-refractivity contribution in [3.8, 4) is 10.8 Å². The van der Waals surface area contributed by atoms with Crippen LogP contribution in [0, 0.1) is 0 Å². The number of nitrogens with two attached hydrogens (primary N) is 1. The maximum atomic E-state index is 13.1. The Morgan fingerprint density at radius 1 is 1.44 bits per heavy atom. The Labute approximate surface area is 106 Å². The third-order valence-corrected chi connectivity index (χ3v) is 3.95. The van der Waals surface area contributed by atoms with Crippen molar-refractivity contribution >= 4 is 16.3 Å². The molecule has 4 nitrogen and oxygen atoms in total. The van der Waals surface area contributed by atoms with Gasteiger partial charge in [-0.1, -0.05) is 5.16 Å². The molecule has 2 heterocycles. The van der Waals surface area contributed by atoms with Crippen molar-refractivity contribution in [2.75, 3.05) is 5.73 Å². The molecule has 1 saturated carbocycles. The quantitative estimate of drug-likeness (QED) is 0.910. The molecule has 1 aliphatic rings. The molecule has 1 unspecified atom stereocenters. The van der Waals surface area contributed by atoms with Crippen molar-refractivity contribution < 1.29 is 13.3 Å². The molecule has 18 heavy (non-hydrogen) atoms. The van der Waals surface area contributed by atoms with Crippen molar-refractivity contribution in [3.63, 3.8) is 0 Å². The highest BCUT2D eigenvalue weighted by Crippen LogP contribution is 2.43. The van der Waals surface area contributed by atoms with Crippen LogP contribution in [0.25, 0.3) is 10.8 Å². The third-order valence-electron chi connectivity index (χ3n) is 3.05. The van der Waals surface area contributed by atoms with Crippen LogP contribution in [0.4, 0.5) is 13.8 Å². The predicted octanol–water partition coefficient (Wildman–Crippen LogP) is 3.28. The highest BCUT2D eigenvalue weighted by Gasteiger charge is 2.41. The number of halogens is 2. The molecule has 0 amide bonds. The van der Waals surface area contributed by atoms with E-state index in [1.54, 1.807) is 12.1 Å². The highest BCUT2D eigenvalue weighted by molar-refractivity contribution is 7.19. The van der Waals surface area contributed by atoms with E-state index in [0.717, 1.165) is 4.88 Å². The standard InChI is InChI=1S/C11H11F2N3OS/c12-11(13)4-3-6(5-11)9-15-10(17-16-9)7-1-2-8(14)18-7/h1-2,6H,3-5,14H2. The first kappa shape index (κ1) is 11.6. The summed E-state index contributed by atoms with van der Waals surface area (Å²) in [5, 5.41) is 4.45. The van der Waals surface area contributed by atoms with E-state index in [4.69, 9.17) is 10.3 Å². The van der Waals surface area contributed by atoms with Crippen LogP contribution in [0.2, 0.25) is 0 Å². The SMILES string of the molecule is Nc1ccc(-c2nc(C3CCC(F)(F)C3)no2)s1. The van der Waals surface area contributed by atoms with E-state index in [-0.39, 0.29) is 18.8 Å². The zero-order chi connectivity index (χ0) is 12.8. The van der Waals surface area contributed by atoms with E-state index in [1.165, 1.54) is 11.3 Å². The highest BCUT2D eigenvalue weighted by atomic mass is 32.1. The van der Waals surface area contributed by atoms with Crippen LogP contribution in [0.15, 0.2) is 16.7 Å². The molecule has 1 fully saturated rings. The van der Waals surface area contributed by atoms with Gasteiger partial charge in [0, 0.05) is 18.8 Å². The number of nitrogens with zero attached hydrogens (tertiary/aromatic N) is 2. The lowest BCUT2D eigenvalue weighted by Crippen LogP contribution is -2.09. The summed E-state index contributed by atoms with van der Waals surface area (Å²) in [6, 6.07) is 3.52. The summed E-state index contributed by atoms with van der Waals surface area (Å²) < 4.78 is 31.3. The zero-order valence-corrected chi connectivity index (χ0v) is 10.2. The van der Waals surface area contributed by atoms with Gasteiger partial charge in [-0.25, -0.2) is 8.78 Å². The Balaban J connectivity index is 1.82. The molecule has 0 spiro atoms. The van der Waals surface area contributed by atoms with Gasteiger partial charge in [0.25, 0.3) is 5.89 Å².